The number of rotatable bonds is 4. The number of hydrogen-bond donors (Lipinski definition) is 0. The summed E-state index contributed by atoms with van der Waals surface area (Å²) in [7, 11) is -1.34. The minimum absolute atomic E-state index is 0.117. The van der Waals surface area contributed by atoms with Crippen molar-refractivity contribution in [2.75, 3.05) is 26.7 Å². The van der Waals surface area contributed by atoms with Gasteiger partial charge in [0.2, 0.25) is 15.9 Å². The summed E-state index contributed by atoms with van der Waals surface area (Å²) < 4.78 is 32.8. The molecule has 2 fully saturated rings. The molecule has 3 heterocycles. The van der Waals surface area contributed by atoms with Gasteiger partial charge in [0.1, 0.15) is 0 Å². The zero-order valence-corrected chi connectivity index (χ0v) is 17.6. The van der Waals surface area contributed by atoms with Crippen LogP contribution in [0.15, 0.2) is 33.7 Å². The normalized spacial score (nSPS) is 23.5. The van der Waals surface area contributed by atoms with E-state index in [0.29, 0.717) is 23.9 Å². The van der Waals surface area contributed by atoms with Gasteiger partial charge in [-0.1, -0.05) is 24.2 Å². The predicted molar refractivity (Wildman–Crippen MR) is 105 cm³/mol. The van der Waals surface area contributed by atoms with Gasteiger partial charge in [0.15, 0.2) is 5.82 Å². The Morgan fingerprint density at radius 3 is 2.46 bits per heavy atom. The highest BCUT2D eigenvalue weighted by Crippen LogP contribution is 2.48. The average Bonchev–Trinajstić information content (AvgIpc) is 3.25. The molecule has 7 nitrogen and oxygen atoms in total. The first kappa shape index (κ1) is 19.5. The van der Waals surface area contributed by atoms with E-state index in [0.717, 1.165) is 43.6 Å². The summed E-state index contributed by atoms with van der Waals surface area (Å²) in [5.74, 6) is 1.32. The van der Waals surface area contributed by atoms with E-state index in [9.17, 15) is 8.42 Å². The lowest BCUT2D eigenvalue weighted by Gasteiger charge is -2.38. The summed E-state index contributed by atoms with van der Waals surface area (Å²) in [4.78, 5) is 7.07. The first-order valence-electron chi connectivity index (χ1n) is 9.92. The van der Waals surface area contributed by atoms with Crippen LogP contribution in [0.2, 0.25) is 0 Å². The highest BCUT2D eigenvalue weighted by atomic mass is 32.2. The zero-order valence-electron chi connectivity index (χ0n) is 16.8. The monoisotopic (exact) mass is 404 g/mol. The lowest BCUT2D eigenvalue weighted by molar-refractivity contribution is 0.161. The van der Waals surface area contributed by atoms with E-state index >= 15 is 0 Å². The summed E-state index contributed by atoms with van der Waals surface area (Å²) in [6.45, 7) is 5.92. The van der Waals surface area contributed by atoms with Crippen LogP contribution in [0.4, 0.5) is 0 Å². The van der Waals surface area contributed by atoms with Gasteiger partial charge in [0.05, 0.1) is 10.9 Å². The van der Waals surface area contributed by atoms with Gasteiger partial charge in [-0.15, -0.1) is 0 Å². The Balaban J connectivity index is 1.45. The Hall–Kier alpha value is -1.77. The third-order valence-electron chi connectivity index (χ3n) is 6.34. The van der Waals surface area contributed by atoms with Gasteiger partial charge in [0.25, 0.3) is 0 Å². The van der Waals surface area contributed by atoms with E-state index in [-0.39, 0.29) is 11.5 Å². The highest BCUT2D eigenvalue weighted by molar-refractivity contribution is 7.89. The van der Waals surface area contributed by atoms with Crippen molar-refractivity contribution in [2.45, 2.75) is 50.5 Å². The Morgan fingerprint density at radius 1 is 1.21 bits per heavy atom. The smallest absolute Gasteiger partial charge is 0.243 e. The summed E-state index contributed by atoms with van der Waals surface area (Å²) in [6.07, 6.45) is 3.57. The fourth-order valence-electron chi connectivity index (χ4n) is 4.62. The molecular weight excluding hydrogens is 376 g/mol. The van der Waals surface area contributed by atoms with E-state index in [2.05, 4.69) is 29.0 Å². The maximum absolute atomic E-state index is 13.0. The van der Waals surface area contributed by atoms with E-state index in [1.807, 2.05) is 12.1 Å². The van der Waals surface area contributed by atoms with Gasteiger partial charge < -0.3 is 4.52 Å². The molecule has 2 aliphatic rings. The number of aromatic nitrogens is 2. The van der Waals surface area contributed by atoms with Crippen LogP contribution in [0.3, 0.4) is 0 Å². The number of likely N-dealkylation sites (tertiary alicyclic amines) is 1. The maximum Gasteiger partial charge on any atom is 0.243 e. The molecule has 0 radical (unpaired) electrons. The number of nitrogens with zero attached hydrogens (tertiary/aromatic N) is 4. The molecule has 0 bridgehead atoms. The van der Waals surface area contributed by atoms with Crippen molar-refractivity contribution in [1.82, 2.24) is 19.3 Å². The van der Waals surface area contributed by atoms with Crippen LogP contribution in [0.25, 0.3) is 0 Å². The first-order chi connectivity index (χ1) is 13.3. The summed E-state index contributed by atoms with van der Waals surface area (Å²) >= 11 is 0. The van der Waals surface area contributed by atoms with Crippen molar-refractivity contribution in [1.29, 1.82) is 0 Å². The van der Waals surface area contributed by atoms with Crippen LogP contribution in [0.1, 0.15) is 49.5 Å². The summed E-state index contributed by atoms with van der Waals surface area (Å²) in [5.41, 5.74) is 1.26. The lowest BCUT2D eigenvalue weighted by Crippen LogP contribution is -2.44. The Labute approximate surface area is 166 Å². The van der Waals surface area contributed by atoms with Crippen LogP contribution in [-0.4, -0.2) is 54.4 Å². The molecule has 8 heteroatoms. The molecule has 0 saturated carbocycles. The van der Waals surface area contributed by atoms with Crippen LogP contribution >= 0.6 is 0 Å². The van der Waals surface area contributed by atoms with E-state index in [4.69, 9.17) is 4.52 Å². The molecule has 2 aliphatic heterocycles. The van der Waals surface area contributed by atoms with E-state index in [1.165, 1.54) is 0 Å². The van der Waals surface area contributed by atoms with Crippen molar-refractivity contribution in [3.05, 3.63) is 41.5 Å². The van der Waals surface area contributed by atoms with Crippen LogP contribution in [0.5, 0.6) is 0 Å². The van der Waals surface area contributed by atoms with Crippen LogP contribution in [0, 0.1) is 12.3 Å². The lowest BCUT2D eigenvalue weighted by atomic mass is 9.77. The fraction of sp³-hybridized carbons (Fsp3) is 0.600. The van der Waals surface area contributed by atoms with Crippen LogP contribution < -0.4 is 0 Å². The molecule has 1 atom stereocenters. The molecule has 0 amide bonds. The first-order valence-corrected chi connectivity index (χ1v) is 11.4. The molecule has 4 rings (SSSR count). The Morgan fingerprint density at radius 2 is 1.89 bits per heavy atom. The molecule has 2 saturated heterocycles. The van der Waals surface area contributed by atoms with Crippen molar-refractivity contribution >= 4 is 10.0 Å². The topological polar surface area (TPSA) is 79.5 Å². The molecule has 1 unspecified atom stereocenters. The van der Waals surface area contributed by atoms with Gasteiger partial charge in [-0.3, -0.25) is 4.90 Å². The number of piperidine rings is 1. The Kier molecular flexibility index (Phi) is 5.05. The molecule has 0 aliphatic carbocycles. The second kappa shape index (κ2) is 7.24. The summed E-state index contributed by atoms with van der Waals surface area (Å²) in [5, 5.41) is 4.10. The molecule has 0 N–H and O–H groups in total. The quantitative estimate of drug-likeness (QED) is 0.780. The SMILES string of the molecule is CCc1ccc(S(=O)(=O)N2CCC3(CC2)CC(c2noc(C)n2)N(C)C3)cc1. The average molecular weight is 405 g/mol. The van der Waals surface area contributed by atoms with Gasteiger partial charge in [-0.25, -0.2) is 8.42 Å². The molecule has 1 aromatic carbocycles. The second-order valence-corrected chi connectivity index (χ2v) is 10.1. The number of aryl methyl sites for hydroxylation is 2. The van der Waals surface area contributed by atoms with Gasteiger partial charge >= 0.3 is 0 Å². The Bertz CT molecular complexity index is 931. The minimum atomic E-state index is -3.43. The predicted octanol–water partition coefficient (Wildman–Crippen LogP) is 2.79. The van der Waals surface area contributed by atoms with Gasteiger partial charge in [0, 0.05) is 26.6 Å². The van der Waals surface area contributed by atoms with Gasteiger partial charge in [-0.2, -0.15) is 9.29 Å². The second-order valence-electron chi connectivity index (χ2n) is 8.21. The largest absolute Gasteiger partial charge is 0.340 e. The fourth-order valence-corrected chi connectivity index (χ4v) is 6.06. The van der Waals surface area contributed by atoms with Crippen molar-refractivity contribution in [3.8, 4) is 0 Å². The standard InChI is InChI=1S/C20H28N4O3S/c1-4-16-5-7-17(8-6-16)28(25,26)24-11-9-20(10-12-24)13-18(23(3)14-20)19-21-15(2)27-22-19/h5-8,18H,4,9-14H2,1-3H3. The van der Waals surface area contributed by atoms with Crippen molar-refractivity contribution < 1.29 is 12.9 Å². The molecule has 152 valence electrons. The molecule has 2 aromatic rings. The molecular formula is C20H28N4O3S. The highest BCUT2D eigenvalue weighted by Gasteiger charge is 2.47. The minimum Gasteiger partial charge on any atom is -0.340 e. The molecule has 1 aromatic heterocycles. The number of benzene rings is 1. The van der Waals surface area contributed by atoms with Crippen molar-refractivity contribution in [3.63, 3.8) is 0 Å². The zero-order chi connectivity index (χ0) is 19.9. The van der Waals surface area contributed by atoms with Crippen LogP contribution in [-0.2, 0) is 16.4 Å². The number of hydrogen-bond acceptors (Lipinski definition) is 6. The number of sulfonamides is 1. The molecule has 1 spiro atoms. The third-order valence-corrected chi connectivity index (χ3v) is 8.25. The van der Waals surface area contributed by atoms with Crippen molar-refractivity contribution in [2.24, 2.45) is 5.41 Å². The third kappa shape index (κ3) is 3.49. The molecule has 28 heavy (non-hydrogen) atoms. The maximum atomic E-state index is 13.0. The van der Waals surface area contributed by atoms with E-state index < -0.39 is 10.0 Å². The van der Waals surface area contributed by atoms with E-state index in [1.54, 1.807) is 23.4 Å². The summed E-state index contributed by atoms with van der Waals surface area (Å²) in [6, 6.07) is 7.42. The van der Waals surface area contributed by atoms with Gasteiger partial charge in [-0.05, 0) is 55.8 Å².